The Balaban J connectivity index is 2.18. The SMILES string of the molecule is CC(C)(C#N)CCN1CCCC(O)c2ccccc21. The predicted molar refractivity (Wildman–Crippen MR) is 76.9 cm³/mol. The van der Waals surface area contributed by atoms with E-state index >= 15 is 0 Å². The first-order chi connectivity index (χ1) is 9.03. The molecule has 1 N–H and O–H groups in total. The van der Waals surface area contributed by atoms with Crippen molar-refractivity contribution in [3.63, 3.8) is 0 Å². The quantitative estimate of drug-likeness (QED) is 0.905. The Morgan fingerprint density at radius 1 is 1.42 bits per heavy atom. The molecule has 1 aliphatic heterocycles. The van der Waals surface area contributed by atoms with Gasteiger partial charge in [-0.05, 0) is 39.2 Å². The van der Waals surface area contributed by atoms with Gasteiger partial charge in [0, 0.05) is 24.3 Å². The van der Waals surface area contributed by atoms with Crippen LogP contribution in [0.2, 0.25) is 0 Å². The molecule has 1 unspecified atom stereocenters. The Kier molecular flexibility index (Phi) is 4.11. The van der Waals surface area contributed by atoms with E-state index < -0.39 is 0 Å². The van der Waals surface area contributed by atoms with Gasteiger partial charge in [-0.15, -0.1) is 0 Å². The Bertz CT molecular complexity index is 476. The fraction of sp³-hybridized carbons (Fsp3) is 0.562. The molecule has 0 amide bonds. The summed E-state index contributed by atoms with van der Waals surface area (Å²) in [7, 11) is 0. The van der Waals surface area contributed by atoms with Crippen molar-refractivity contribution in [3.8, 4) is 6.07 Å². The number of hydrogen-bond donors (Lipinski definition) is 1. The molecule has 1 heterocycles. The third-order valence-corrected chi connectivity index (χ3v) is 3.85. The molecule has 0 aromatic heterocycles. The highest BCUT2D eigenvalue weighted by Gasteiger charge is 2.23. The van der Waals surface area contributed by atoms with Gasteiger partial charge in [0.05, 0.1) is 17.6 Å². The van der Waals surface area contributed by atoms with Crippen LogP contribution in [-0.4, -0.2) is 18.2 Å². The molecule has 0 bridgehead atoms. The molecule has 0 saturated carbocycles. The maximum Gasteiger partial charge on any atom is 0.0810 e. The van der Waals surface area contributed by atoms with E-state index in [0.717, 1.165) is 43.6 Å². The second kappa shape index (κ2) is 5.63. The summed E-state index contributed by atoms with van der Waals surface area (Å²) in [6.45, 7) is 5.77. The van der Waals surface area contributed by atoms with Gasteiger partial charge in [0.1, 0.15) is 0 Å². The van der Waals surface area contributed by atoms with Crippen molar-refractivity contribution in [3.05, 3.63) is 29.8 Å². The van der Waals surface area contributed by atoms with Gasteiger partial charge in [0.15, 0.2) is 0 Å². The number of rotatable bonds is 3. The van der Waals surface area contributed by atoms with Crippen molar-refractivity contribution in [1.29, 1.82) is 5.26 Å². The summed E-state index contributed by atoms with van der Waals surface area (Å²) in [6.07, 6.45) is 2.29. The van der Waals surface area contributed by atoms with Gasteiger partial charge in [0.2, 0.25) is 0 Å². The first-order valence-corrected chi connectivity index (χ1v) is 6.97. The molecule has 0 fully saturated rings. The summed E-state index contributed by atoms with van der Waals surface area (Å²) in [5.41, 5.74) is 1.86. The van der Waals surface area contributed by atoms with Gasteiger partial charge in [-0.25, -0.2) is 0 Å². The summed E-state index contributed by atoms with van der Waals surface area (Å²) in [5.74, 6) is 0. The van der Waals surface area contributed by atoms with Crippen LogP contribution in [-0.2, 0) is 0 Å². The van der Waals surface area contributed by atoms with Gasteiger partial charge < -0.3 is 10.0 Å². The lowest BCUT2D eigenvalue weighted by atomic mass is 9.91. The molecule has 1 aliphatic rings. The number of para-hydroxylation sites is 1. The normalized spacial score (nSPS) is 19.5. The highest BCUT2D eigenvalue weighted by atomic mass is 16.3. The Morgan fingerprint density at radius 2 is 2.16 bits per heavy atom. The molecule has 102 valence electrons. The Labute approximate surface area is 115 Å². The third-order valence-electron chi connectivity index (χ3n) is 3.85. The van der Waals surface area contributed by atoms with Crippen LogP contribution in [0.4, 0.5) is 5.69 Å². The number of hydrogen-bond acceptors (Lipinski definition) is 3. The van der Waals surface area contributed by atoms with Gasteiger partial charge in [-0.1, -0.05) is 18.2 Å². The lowest BCUT2D eigenvalue weighted by Gasteiger charge is -2.27. The topological polar surface area (TPSA) is 47.3 Å². The molecular formula is C16H22N2O. The molecule has 1 atom stereocenters. The van der Waals surface area contributed by atoms with E-state index in [9.17, 15) is 5.11 Å². The molecule has 2 rings (SSSR count). The first-order valence-electron chi connectivity index (χ1n) is 6.97. The molecule has 1 aromatic carbocycles. The minimum Gasteiger partial charge on any atom is -0.388 e. The van der Waals surface area contributed by atoms with Crippen molar-refractivity contribution in [1.82, 2.24) is 0 Å². The largest absolute Gasteiger partial charge is 0.388 e. The Morgan fingerprint density at radius 3 is 2.89 bits per heavy atom. The number of benzene rings is 1. The number of nitriles is 1. The van der Waals surface area contributed by atoms with E-state index in [4.69, 9.17) is 5.26 Å². The average molecular weight is 258 g/mol. The van der Waals surface area contributed by atoms with Gasteiger partial charge in [0.25, 0.3) is 0 Å². The zero-order valence-electron chi connectivity index (χ0n) is 11.8. The van der Waals surface area contributed by atoms with Crippen molar-refractivity contribution in [2.45, 2.75) is 39.2 Å². The zero-order chi connectivity index (χ0) is 13.9. The first kappa shape index (κ1) is 13.9. The minimum absolute atomic E-state index is 0.292. The summed E-state index contributed by atoms with van der Waals surface area (Å²) < 4.78 is 0. The van der Waals surface area contributed by atoms with Crippen LogP contribution in [0.5, 0.6) is 0 Å². The van der Waals surface area contributed by atoms with Gasteiger partial charge >= 0.3 is 0 Å². The van der Waals surface area contributed by atoms with Crippen molar-refractivity contribution < 1.29 is 5.11 Å². The molecule has 3 nitrogen and oxygen atoms in total. The number of aliphatic hydroxyl groups excluding tert-OH is 1. The smallest absolute Gasteiger partial charge is 0.0810 e. The lowest BCUT2D eigenvalue weighted by Crippen LogP contribution is -2.28. The number of fused-ring (bicyclic) bond motifs is 1. The second-order valence-corrected chi connectivity index (χ2v) is 5.95. The predicted octanol–water partition coefficient (Wildman–Crippen LogP) is 3.26. The van der Waals surface area contributed by atoms with Crippen LogP contribution in [0, 0.1) is 16.7 Å². The summed E-state index contributed by atoms with van der Waals surface area (Å²) >= 11 is 0. The third kappa shape index (κ3) is 3.27. The standard InChI is InChI=1S/C16H22N2O/c1-16(2,12-17)9-11-18-10-5-8-15(19)13-6-3-4-7-14(13)18/h3-4,6-7,15,19H,5,8-11H2,1-2H3. The molecule has 3 heteroatoms. The molecular weight excluding hydrogens is 236 g/mol. The molecule has 0 aliphatic carbocycles. The van der Waals surface area contributed by atoms with Crippen LogP contribution in [0.25, 0.3) is 0 Å². The van der Waals surface area contributed by atoms with Crippen LogP contribution in [0.15, 0.2) is 24.3 Å². The van der Waals surface area contributed by atoms with Crippen LogP contribution in [0.1, 0.15) is 44.8 Å². The number of anilines is 1. The highest BCUT2D eigenvalue weighted by molar-refractivity contribution is 5.55. The molecule has 0 radical (unpaired) electrons. The van der Waals surface area contributed by atoms with Gasteiger partial charge in [-0.3, -0.25) is 0 Å². The fourth-order valence-corrected chi connectivity index (χ4v) is 2.51. The van der Waals surface area contributed by atoms with E-state index in [1.54, 1.807) is 0 Å². The maximum atomic E-state index is 10.2. The fourth-order valence-electron chi connectivity index (χ4n) is 2.51. The van der Waals surface area contributed by atoms with E-state index in [1.165, 1.54) is 0 Å². The maximum absolute atomic E-state index is 10.2. The highest BCUT2D eigenvalue weighted by Crippen LogP contribution is 2.33. The average Bonchev–Trinajstić information content (AvgIpc) is 2.57. The van der Waals surface area contributed by atoms with Crippen molar-refractivity contribution in [2.75, 3.05) is 18.0 Å². The van der Waals surface area contributed by atoms with Crippen molar-refractivity contribution >= 4 is 5.69 Å². The molecule has 0 saturated heterocycles. The number of nitrogens with zero attached hydrogens (tertiary/aromatic N) is 2. The summed E-state index contributed by atoms with van der Waals surface area (Å²) in [4.78, 5) is 2.31. The second-order valence-electron chi connectivity index (χ2n) is 5.95. The van der Waals surface area contributed by atoms with Crippen LogP contribution < -0.4 is 4.90 Å². The zero-order valence-corrected chi connectivity index (χ0v) is 11.8. The number of aliphatic hydroxyl groups is 1. The monoisotopic (exact) mass is 258 g/mol. The van der Waals surface area contributed by atoms with Crippen LogP contribution >= 0.6 is 0 Å². The summed E-state index contributed by atoms with van der Waals surface area (Å²) in [6, 6.07) is 10.4. The Hall–Kier alpha value is -1.53. The van der Waals surface area contributed by atoms with Gasteiger partial charge in [-0.2, -0.15) is 5.26 Å². The molecule has 0 spiro atoms. The summed E-state index contributed by atoms with van der Waals surface area (Å²) in [5, 5.41) is 19.3. The van der Waals surface area contributed by atoms with Crippen molar-refractivity contribution in [2.24, 2.45) is 5.41 Å². The van der Waals surface area contributed by atoms with E-state index in [0.29, 0.717) is 0 Å². The minimum atomic E-state index is -0.356. The van der Waals surface area contributed by atoms with E-state index in [-0.39, 0.29) is 11.5 Å². The lowest BCUT2D eigenvalue weighted by molar-refractivity contribution is 0.168. The van der Waals surface area contributed by atoms with Crippen LogP contribution in [0.3, 0.4) is 0 Å². The van der Waals surface area contributed by atoms with E-state index in [2.05, 4.69) is 17.0 Å². The molecule has 19 heavy (non-hydrogen) atoms. The molecule has 1 aromatic rings. The van der Waals surface area contributed by atoms with E-state index in [1.807, 2.05) is 32.0 Å².